The zero-order valence-corrected chi connectivity index (χ0v) is 16.6. The third kappa shape index (κ3) is 6.23. The van der Waals surface area contributed by atoms with Gasteiger partial charge in [-0.1, -0.05) is 41.9 Å². The van der Waals surface area contributed by atoms with E-state index < -0.39 is 5.97 Å². The van der Waals surface area contributed by atoms with Crippen molar-refractivity contribution in [3.63, 3.8) is 0 Å². The van der Waals surface area contributed by atoms with E-state index in [-0.39, 0.29) is 12.5 Å². The molecule has 2 aromatic rings. The fraction of sp³-hybridized carbons (Fsp3) is 0.409. The zero-order chi connectivity index (χ0) is 19.8. The van der Waals surface area contributed by atoms with Gasteiger partial charge in [-0.25, -0.2) is 0 Å². The molecule has 0 amide bonds. The highest BCUT2D eigenvalue weighted by Crippen LogP contribution is 2.24. The van der Waals surface area contributed by atoms with E-state index in [9.17, 15) is 4.79 Å². The number of benzene rings is 2. The van der Waals surface area contributed by atoms with Gasteiger partial charge in [0.2, 0.25) is 0 Å². The average molecular weight is 404 g/mol. The first-order chi connectivity index (χ1) is 13.6. The summed E-state index contributed by atoms with van der Waals surface area (Å²) in [5, 5.41) is 9.65. The first kappa shape index (κ1) is 20.6. The second-order valence-electron chi connectivity index (χ2n) is 6.92. The van der Waals surface area contributed by atoms with E-state index >= 15 is 0 Å². The number of nitrogens with zero attached hydrogens (tertiary/aromatic N) is 1. The van der Waals surface area contributed by atoms with Crippen LogP contribution in [0.25, 0.3) is 0 Å². The lowest BCUT2D eigenvalue weighted by Gasteiger charge is -2.32. The number of halogens is 1. The van der Waals surface area contributed by atoms with E-state index in [2.05, 4.69) is 4.90 Å². The highest BCUT2D eigenvalue weighted by atomic mass is 35.5. The summed E-state index contributed by atoms with van der Waals surface area (Å²) in [7, 11) is 0. The standard InChI is InChI=1S/C22H26ClNO4/c23-20-6-2-1-4-17(20)5-3-14-27-19-9-7-18(8-10-19)21-16-24(13-15-28-21)12-11-22(25)26/h1-2,4,6-10,21H,3,5,11-16H2,(H,25,26). The minimum atomic E-state index is -0.765. The molecule has 1 unspecified atom stereocenters. The van der Waals surface area contributed by atoms with Crippen LogP contribution in [0.3, 0.4) is 0 Å². The number of hydrogen-bond donors (Lipinski definition) is 1. The van der Waals surface area contributed by atoms with Crippen LogP contribution < -0.4 is 4.74 Å². The fourth-order valence-corrected chi connectivity index (χ4v) is 3.52. The van der Waals surface area contributed by atoms with Crippen molar-refractivity contribution in [3.05, 3.63) is 64.7 Å². The molecule has 3 rings (SSSR count). The van der Waals surface area contributed by atoms with Gasteiger partial charge >= 0.3 is 5.97 Å². The molecule has 0 saturated carbocycles. The van der Waals surface area contributed by atoms with Crippen LogP contribution in [-0.2, 0) is 16.0 Å². The second-order valence-corrected chi connectivity index (χ2v) is 7.32. The minimum Gasteiger partial charge on any atom is -0.494 e. The summed E-state index contributed by atoms with van der Waals surface area (Å²) in [6.07, 6.45) is 1.92. The molecule has 150 valence electrons. The van der Waals surface area contributed by atoms with Gasteiger partial charge in [0.1, 0.15) is 5.75 Å². The van der Waals surface area contributed by atoms with Crippen molar-refractivity contribution < 1.29 is 19.4 Å². The summed E-state index contributed by atoms with van der Waals surface area (Å²) in [6, 6.07) is 15.9. The molecule has 0 radical (unpaired) electrons. The van der Waals surface area contributed by atoms with Gasteiger partial charge in [0.05, 0.1) is 25.7 Å². The van der Waals surface area contributed by atoms with Crippen molar-refractivity contribution >= 4 is 17.6 Å². The number of aryl methyl sites for hydroxylation is 1. The van der Waals surface area contributed by atoms with Gasteiger partial charge in [-0.2, -0.15) is 0 Å². The molecule has 1 aliphatic rings. The highest BCUT2D eigenvalue weighted by Gasteiger charge is 2.22. The number of aliphatic carboxylic acids is 1. The molecular weight excluding hydrogens is 378 g/mol. The molecule has 0 aliphatic carbocycles. The summed E-state index contributed by atoms with van der Waals surface area (Å²) in [4.78, 5) is 12.9. The third-order valence-electron chi connectivity index (χ3n) is 4.86. The van der Waals surface area contributed by atoms with Crippen LogP contribution in [0.1, 0.15) is 30.1 Å². The van der Waals surface area contributed by atoms with Crippen molar-refractivity contribution in [2.45, 2.75) is 25.4 Å². The first-order valence-corrected chi connectivity index (χ1v) is 10.0. The number of carboxylic acids is 1. The lowest BCUT2D eigenvalue weighted by atomic mass is 10.1. The van der Waals surface area contributed by atoms with Gasteiger partial charge in [0.15, 0.2) is 0 Å². The van der Waals surface area contributed by atoms with Crippen LogP contribution in [-0.4, -0.2) is 48.8 Å². The Kier molecular flexibility index (Phi) is 7.71. The van der Waals surface area contributed by atoms with Crippen molar-refractivity contribution in [1.29, 1.82) is 0 Å². The SMILES string of the molecule is O=C(O)CCN1CCOC(c2ccc(OCCCc3ccccc3Cl)cc2)C1. The maximum Gasteiger partial charge on any atom is 0.304 e. The van der Waals surface area contributed by atoms with Crippen LogP contribution in [0.4, 0.5) is 0 Å². The van der Waals surface area contributed by atoms with Crippen molar-refractivity contribution in [3.8, 4) is 5.75 Å². The second kappa shape index (κ2) is 10.5. The van der Waals surface area contributed by atoms with E-state index in [1.807, 2.05) is 48.5 Å². The molecule has 6 heteroatoms. The predicted octanol–water partition coefficient (Wildman–Crippen LogP) is 4.20. The number of morpholine rings is 1. The molecule has 0 spiro atoms. The first-order valence-electron chi connectivity index (χ1n) is 9.64. The Bertz CT molecular complexity index is 765. The summed E-state index contributed by atoms with van der Waals surface area (Å²) < 4.78 is 11.7. The third-order valence-corrected chi connectivity index (χ3v) is 5.23. The molecule has 1 atom stereocenters. The van der Waals surface area contributed by atoms with Gasteiger partial charge in [0.25, 0.3) is 0 Å². The van der Waals surface area contributed by atoms with Gasteiger partial charge in [-0.15, -0.1) is 0 Å². The fourth-order valence-electron chi connectivity index (χ4n) is 3.29. The van der Waals surface area contributed by atoms with Crippen LogP contribution in [0.2, 0.25) is 5.02 Å². The van der Waals surface area contributed by atoms with Crippen LogP contribution in [0, 0.1) is 0 Å². The average Bonchev–Trinajstić information content (AvgIpc) is 2.71. The summed E-state index contributed by atoms with van der Waals surface area (Å²) in [5.74, 6) is 0.0699. The van der Waals surface area contributed by atoms with E-state index in [1.165, 1.54) is 0 Å². The molecule has 0 bridgehead atoms. The molecule has 2 aromatic carbocycles. The topological polar surface area (TPSA) is 59.0 Å². The monoisotopic (exact) mass is 403 g/mol. The smallest absolute Gasteiger partial charge is 0.304 e. The van der Waals surface area contributed by atoms with Gasteiger partial charge in [-0.3, -0.25) is 9.69 Å². The predicted molar refractivity (Wildman–Crippen MR) is 109 cm³/mol. The Morgan fingerprint density at radius 2 is 2.00 bits per heavy atom. The number of carbonyl (C=O) groups is 1. The number of rotatable bonds is 9. The van der Waals surface area contributed by atoms with Crippen LogP contribution in [0.15, 0.2) is 48.5 Å². The molecule has 1 N–H and O–H groups in total. The lowest BCUT2D eigenvalue weighted by Crippen LogP contribution is -2.39. The van der Waals surface area contributed by atoms with Crippen molar-refractivity contribution in [2.24, 2.45) is 0 Å². The molecule has 1 saturated heterocycles. The molecule has 1 heterocycles. The molecule has 28 heavy (non-hydrogen) atoms. The number of hydrogen-bond acceptors (Lipinski definition) is 4. The maximum absolute atomic E-state index is 10.8. The van der Waals surface area contributed by atoms with Gasteiger partial charge in [-0.05, 0) is 42.2 Å². The Morgan fingerprint density at radius 1 is 1.21 bits per heavy atom. The zero-order valence-electron chi connectivity index (χ0n) is 15.9. The molecule has 1 fully saturated rings. The Hall–Kier alpha value is -2.08. The number of carboxylic acid groups (broad SMARTS) is 1. The highest BCUT2D eigenvalue weighted by molar-refractivity contribution is 6.31. The quantitative estimate of drug-likeness (QED) is 0.636. The van der Waals surface area contributed by atoms with Crippen molar-refractivity contribution in [1.82, 2.24) is 4.90 Å². The molecular formula is C22H26ClNO4. The van der Waals surface area contributed by atoms with Crippen molar-refractivity contribution in [2.75, 3.05) is 32.8 Å². The Labute approximate surface area is 170 Å². The summed E-state index contributed by atoms with van der Waals surface area (Å²) in [6.45, 7) is 3.29. The Balaban J connectivity index is 1.44. The lowest BCUT2D eigenvalue weighted by molar-refractivity contribution is -0.137. The normalized spacial score (nSPS) is 17.4. The number of ether oxygens (including phenoxy) is 2. The molecule has 0 aromatic heterocycles. The van der Waals surface area contributed by atoms with E-state index in [0.717, 1.165) is 41.3 Å². The largest absolute Gasteiger partial charge is 0.494 e. The summed E-state index contributed by atoms with van der Waals surface area (Å²) in [5.41, 5.74) is 2.23. The van der Waals surface area contributed by atoms with Crippen LogP contribution in [0.5, 0.6) is 5.75 Å². The van der Waals surface area contributed by atoms with Gasteiger partial charge in [0, 0.05) is 24.7 Å². The van der Waals surface area contributed by atoms with E-state index in [0.29, 0.717) is 26.3 Å². The van der Waals surface area contributed by atoms with Gasteiger partial charge < -0.3 is 14.6 Å². The van der Waals surface area contributed by atoms with E-state index in [1.54, 1.807) is 0 Å². The maximum atomic E-state index is 10.8. The van der Waals surface area contributed by atoms with E-state index in [4.69, 9.17) is 26.2 Å². The Morgan fingerprint density at radius 3 is 2.75 bits per heavy atom. The minimum absolute atomic E-state index is 0.0307. The molecule has 1 aliphatic heterocycles. The summed E-state index contributed by atoms with van der Waals surface area (Å²) >= 11 is 6.17. The molecule has 5 nitrogen and oxygen atoms in total. The van der Waals surface area contributed by atoms with Crippen LogP contribution >= 0.6 is 11.6 Å².